The second kappa shape index (κ2) is 6.19. The zero-order chi connectivity index (χ0) is 15.5. The Kier molecular flexibility index (Phi) is 4.11. The minimum atomic E-state index is -0.341. The fourth-order valence-corrected chi connectivity index (χ4v) is 2.36. The first-order valence-electron chi connectivity index (χ1n) is 6.85. The van der Waals surface area contributed by atoms with E-state index in [0.717, 1.165) is 11.3 Å². The average molecular weight is 318 g/mol. The number of hydrogen-bond acceptors (Lipinski definition) is 3. The van der Waals surface area contributed by atoms with Gasteiger partial charge in [0, 0.05) is 11.8 Å². The Morgan fingerprint density at radius 3 is 2.59 bits per heavy atom. The molecular weight excluding hydrogens is 303 g/mol. The summed E-state index contributed by atoms with van der Waals surface area (Å²) in [6.45, 7) is 2.90. The highest BCUT2D eigenvalue weighted by molar-refractivity contribution is 7.80. The molecule has 0 unspecified atom stereocenters. The maximum atomic E-state index is 13.8. The van der Waals surface area contributed by atoms with Crippen LogP contribution in [0, 0.1) is 12.7 Å². The summed E-state index contributed by atoms with van der Waals surface area (Å²) in [4.78, 5) is 0. The third-order valence-electron chi connectivity index (χ3n) is 3.17. The van der Waals surface area contributed by atoms with Gasteiger partial charge in [0.1, 0.15) is 19.0 Å². The Morgan fingerprint density at radius 2 is 1.82 bits per heavy atom. The Bertz CT molecular complexity index is 721. The Hall–Kier alpha value is -2.34. The molecule has 6 heteroatoms. The molecule has 2 N–H and O–H groups in total. The van der Waals surface area contributed by atoms with Crippen LogP contribution in [0.1, 0.15) is 5.56 Å². The molecule has 3 rings (SSSR count). The molecule has 114 valence electrons. The summed E-state index contributed by atoms with van der Waals surface area (Å²) < 4.78 is 24.8. The predicted molar refractivity (Wildman–Crippen MR) is 88.4 cm³/mol. The number of ether oxygens (including phenoxy) is 2. The van der Waals surface area contributed by atoms with E-state index in [-0.39, 0.29) is 5.82 Å². The lowest BCUT2D eigenvalue weighted by Crippen LogP contribution is -2.20. The van der Waals surface area contributed by atoms with Gasteiger partial charge in [0.2, 0.25) is 0 Å². The van der Waals surface area contributed by atoms with Gasteiger partial charge in [-0.25, -0.2) is 4.39 Å². The largest absolute Gasteiger partial charge is 0.486 e. The van der Waals surface area contributed by atoms with Gasteiger partial charge in [-0.05, 0) is 49.0 Å². The van der Waals surface area contributed by atoms with Crippen molar-refractivity contribution in [2.75, 3.05) is 23.8 Å². The Morgan fingerprint density at radius 1 is 1.05 bits per heavy atom. The predicted octanol–water partition coefficient (Wildman–Crippen LogP) is 3.71. The van der Waals surface area contributed by atoms with Crippen molar-refractivity contribution in [1.29, 1.82) is 0 Å². The quantitative estimate of drug-likeness (QED) is 0.826. The van der Waals surface area contributed by atoms with Crippen molar-refractivity contribution < 1.29 is 13.9 Å². The summed E-state index contributed by atoms with van der Waals surface area (Å²) in [7, 11) is 0. The number of thiocarbonyl (C=S) groups is 1. The molecule has 0 fully saturated rings. The number of fused-ring (bicyclic) bond motifs is 1. The first kappa shape index (κ1) is 14.6. The fourth-order valence-electron chi connectivity index (χ4n) is 2.13. The number of rotatable bonds is 2. The number of benzene rings is 2. The van der Waals surface area contributed by atoms with Gasteiger partial charge < -0.3 is 20.1 Å². The molecule has 0 amide bonds. The van der Waals surface area contributed by atoms with Crippen LogP contribution in [0.15, 0.2) is 36.4 Å². The second-order valence-corrected chi connectivity index (χ2v) is 5.33. The van der Waals surface area contributed by atoms with E-state index in [1.165, 1.54) is 6.07 Å². The van der Waals surface area contributed by atoms with E-state index in [2.05, 4.69) is 10.6 Å². The lowest BCUT2D eigenvalue weighted by Gasteiger charge is -2.19. The highest BCUT2D eigenvalue weighted by Gasteiger charge is 2.12. The summed E-state index contributed by atoms with van der Waals surface area (Å²) in [5, 5.41) is 6.14. The summed E-state index contributed by atoms with van der Waals surface area (Å²) >= 11 is 5.20. The van der Waals surface area contributed by atoms with E-state index in [1.54, 1.807) is 12.1 Å². The summed E-state index contributed by atoms with van der Waals surface area (Å²) in [6.07, 6.45) is 0. The van der Waals surface area contributed by atoms with E-state index in [9.17, 15) is 4.39 Å². The number of anilines is 2. The molecule has 0 aromatic heterocycles. The van der Waals surface area contributed by atoms with Crippen LogP contribution in [0.25, 0.3) is 0 Å². The standard InChI is InChI=1S/C16H15FN2O2S/c1-10-2-4-13(12(17)8-10)19-16(22)18-11-3-5-14-15(9-11)21-7-6-20-14/h2-5,8-9H,6-7H2,1H3,(H2,18,19,22). The molecule has 0 spiro atoms. The third kappa shape index (κ3) is 3.28. The average Bonchev–Trinajstić information content (AvgIpc) is 2.50. The van der Waals surface area contributed by atoms with E-state index in [0.29, 0.717) is 35.5 Å². The smallest absolute Gasteiger partial charge is 0.175 e. The molecule has 0 saturated carbocycles. The molecule has 4 nitrogen and oxygen atoms in total. The van der Waals surface area contributed by atoms with Crippen molar-refractivity contribution in [3.8, 4) is 11.5 Å². The van der Waals surface area contributed by atoms with Crippen molar-refractivity contribution in [2.24, 2.45) is 0 Å². The minimum absolute atomic E-state index is 0.305. The van der Waals surface area contributed by atoms with Crippen LogP contribution in [0.3, 0.4) is 0 Å². The molecule has 0 aliphatic carbocycles. The van der Waals surface area contributed by atoms with Crippen molar-refractivity contribution in [3.63, 3.8) is 0 Å². The van der Waals surface area contributed by atoms with Gasteiger partial charge in [-0.1, -0.05) is 6.07 Å². The maximum absolute atomic E-state index is 13.8. The van der Waals surface area contributed by atoms with Crippen LogP contribution >= 0.6 is 12.2 Å². The summed E-state index contributed by atoms with van der Waals surface area (Å²) in [5.74, 6) is 1.03. The normalized spacial score (nSPS) is 12.6. The van der Waals surface area contributed by atoms with Crippen molar-refractivity contribution in [2.45, 2.75) is 6.92 Å². The zero-order valence-corrected chi connectivity index (χ0v) is 12.8. The van der Waals surface area contributed by atoms with Crippen LogP contribution < -0.4 is 20.1 Å². The highest BCUT2D eigenvalue weighted by Crippen LogP contribution is 2.32. The first-order chi connectivity index (χ1) is 10.6. The van der Waals surface area contributed by atoms with E-state index in [4.69, 9.17) is 21.7 Å². The maximum Gasteiger partial charge on any atom is 0.175 e. The van der Waals surface area contributed by atoms with E-state index in [1.807, 2.05) is 25.1 Å². The second-order valence-electron chi connectivity index (χ2n) is 4.92. The summed E-state index contributed by atoms with van der Waals surface area (Å²) in [5.41, 5.74) is 1.93. The molecule has 0 saturated heterocycles. The van der Waals surface area contributed by atoms with Gasteiger partial charge in [0.25, 0.3) is 0 Å². The van der Waals surface area contributed by atoms with Crippen molar-refractivity contribution in [3.05, 3.63) is 47.8 Å². The highest BCUT2D eigenvalue weighted by atomic mass is 32.1. The topological polar surface area (TPSA) is 42.5 Å². The monoisotopic (exact) mass is 318 g/mol. The number of hydrogen-bond donors (Lipinski definition) is 2. The van der Waals surface area contributed by atoms with Crippen LogP contribution in [-0.2, 0) is 0 Å². The molecule has 1 heterocycles. The van der Waals surface area contributed by atoms with Crippen molar-refractivity contribution in [1.82, 2.24) is 0 Å². The van der Waals surface area contributed by atoms with Gasteiger partial charge >= 0.3 is 0 Å². The van der Waals surface area contributed by atoms with Gasteiger partial charge in [-0.15, -0.1) is 0 Å². The first-order valence-corrected chi connectivity index (χ1v) is 7.26. The Balaban J connectivity index is 1.69. The molecule has 22 heavy (non-hydrogen) atoms. The van der Waals surface area contributed by atoms with Gasteiger partial charge in [-0.3, -0.25) is 0 Å². The van der Waals surface area contributed by atoms with Crippen molar-refractivity contribution >= 4 is 28.7 Å². The molecular formula is C16H15FN2O2S. The minimum Gasteiger partial charge on any atom is -0.486 e. The molecule has 0 bridgehead atoms. The van der Waals surface area contributed by atoms with Gasteiger partial charge in [-0.2, -0.15) is 0 Å². The lowest BCUT2D eigenvalue weighted by molar-refractivity contribution is 0.171. The lowest BCUT2D eigenvalue weighted by atomic mass is 10.2. The zero-order valence-electron chi connectivity index (χ0n) is 12.0. The van der Waals surface area contributed by atoms with Crippen LogP contribution in [0.4, 0.5) is 15.8 Å². The third-order valence-corrected chi connectivity index (χ3v) is 3.38. The number of nitrogens with one attached hydrogen (secondary N) is 2. The van der Waals surface area contributed by atoms with E-state index >= 15 is 0 Å². The van der Waals surface area contributed by atoms with E-state index < -0.39 is 0 Å². The fraction of sp³-hybridized carbons (Fsp3) is 0.188. The van der Waals surface area contributed by atoms with Crippen LogP contribution in [-0.4, -0.2) is 18.3 Å². The SMILES string of the molecule is Cc1ccc(NC(=S)Nc2ccc3c(c2)OCCO3)c(F)c1. The molecule has 2 aromatic rings. The number of aryl methyl sites for hydroxylation is 1. The molecule has 0 atom stereocenters. The van der Waals surface area contributed by atoms with Crippen LogP contribution in [0.2, 0.25) is 0 Å². The number of halogens is 1. The van der Waals surface area contributed by atoms with Gasteiger partial charge in [0.15, 0.2) is 16.6 Å². The van der Waals surface area contributed by atoms with Crippen LogP contribution in [0.5, 0.6) is 11.5 Å². The molecule has 1 aliphatic rings. The molecule has 1 aliphatic heterocycles. The Labute approximate surface area is 133 Å². The van der Waals surface area contributed by atoms with Gasteiger partial charge in [0.05, 0.1) is 5.69 Å². The summed E-state index contributed by atoms with van der Waals surface area (Å²) in [6, 6.07) is 10.4. The molecule has 2 aromatic carbocycles. The molecule has 0 radical (unpaired) electrons.